The van der Waals surface area contributed by atoms with Gasteiger partial charge in [-0.1, -0.05) is 0 Å². The van der Waals surface area contributed by atoms with E-state index in [4.69, 9.17) is 4.42 Å². The molecule has 0 saturated heterocycles. The minimum atomic E-state index is -0.644. The molecule has 108 valence electrons. The molecule has 1 amide bonds. The summed E-state index contributed by atoms with van der Waals surface area (Å²) in [4.78, 5) is 12.0. The van der Waals surface area contributed by atoms with Crippen LogP contribution in [0.3, 0.4) is 0 Å². The summed E-state index contributed by atoms with van der Waals surface area (Å²) in [5.74, 6) is -0.190. The molecule has 0 fully saturated rings. The Morgan fingerprint density at radius 3 is 3.00 bits per heavy atom. The van der Waals surface area contributed by atoms with Crippen molar-refractivity contribution in [3.63, 3.8) is 0 Å². The SMILES string of the molecule is O=C(NCCC(O)c1ccoc1)c1ccc2nsnc2c1. The first-order valence-electron chi connectivity index (χ1n) is 6.45. The second-order valence-corrected chi connectivity index (χ2v) is 5.11. The minimum absolute atomic E-state index is 0.190. The van der Waals surface area contributed by atoms with Crippen LogP contribution in [0.2, 0.25) is 0 Å². The number of nitrogens with zero attached hydrogens (tertiary/aromatic N) is 2. The van der Waals surface area contributed by atoms with Crippen molar-refractivity contribution in [1.82, 2.24) is 14.1 Å². The lowest BCUT2D eigenvalue weighted by Gasteiger charge is -2.09. The fraction of sp³-hybridized carbons (Fsp3) is 0.214. The predicted octanol–water partition coefficient (Wildman–Crippen LogP) is 2.14. The molecule has 0 aliphatic carbocycles. The molecule has 0 aliphatic rings. The van der Waals surface area contributed by atoms with Gasteiger partial charge in [0.25, 0.3) is 5.91 Å². The van der Waals surface area contributed by atoms with Gasteiger partial charge >= 0.3 is 0 Å². The maximum atomic E-state index is 12.0. The van der Waals surface area contributed by atoms with Crippen LogP contribution >= 0.6 is 11.7 Å². The van der Waals surface area contributed by atoms with E-state index in [9.17, 15) is 9.90 Å². The Hall–Kier alpha value is -2.25. The monoisotopic (exact) mass is 303 g/mol. The summed E-state index contributed by atoms with van der Waals surface area (Å²) in [6.45, 7) is 0.374. The summed E-state index contributed by atoms with van der Waals surface area (Å²) in [6.07, 6.45) is 2.78. The van der Waals surface area contributed by atoms with Crippen LogP contribution in [0.15, 0.2) is 41.2 Å². The first-order chi connectivity index (χ1) is 10.2. The summed E-state index contributed by atoms with van der Waals surface area (Å²) in [7, 11) is 0. The third-order valence-corrected chi connectivity index (χ3v) is 3.70. The van der Waals surface area contributed by atoms with Gasteiger partial charge in [-0.2, -0.15) is 8.75 Å². The van der Waals surface area contributed by atoms with E-state index in [1.807, 2.05) is 0 Å². The zero-order valence-electron chi connectivity index (χ0n) is 11.0. The van der Waals surface area contributed by atoms with Crippen LogP contribution in [0, 0.1) is 0 Å². The Morgan fingerprint density at radius 2 is 2.19 bits per heavy atom. The second kappa shape index (κ2) is 6.02. The number of aliphatic hydroxyl groups excluding tert-OH is 1. The number of carbonyl (C=O) groups is 1. The number of furan rings is 1. The van der Waals surface area contributed by atoms with Crippen molar-refractivity contribution in [3.8, 4) is 0 Å². The molecule has 2 N–H and O–H groups in total. The van der Waals surface area contributed by atoms with Crippen LogP contribution < -0.4 is 5.32 Å². The van der Waals surface area contributed by atoms with E-state index < -0.39 is 6.10 Å². The normalized spacial score (nSPS) is 12.4. The minimum Gasteiger partial charge on any atom is -0.472 e. The number of benzene rings is 1. The van der Waals surface area contributed by atoms with Gasteiger partial charge in [0, 0.05) is 17.7 Å². The molecule has 2 heterocycles. The van der Waals surface area contributed by atoms with E-state index in [2.05, 4.69) is 14.1 Å². The standard InChI is InChI=1S/C14H13N3O3S/c18-13(10-4-6-20-8-10)3-5-15-14(19)9-1-2-11-12(7-9)17-21-16-11/h1-2,4,6-8,13,18H,3,5H2,(H,15,19). The number of carbonyl (C=O) groups excluding carboxylic acids is 1. The van der Waals surface area contributed by atoms with Crippen molar-refractivity contribution in [2.45, 2.75) is 12.5 Å². The number of amides is 1. The highest BCUT2D eigenvalue weighted by atomic mass is 32.1. The number of nitrogens with one attached hydrogen (secondary N) is 1. The summed E-state index contributed by atoms with van der Waals surface area (Å²) in [5, 5.41) is 12.7. The summed E-state index contributed by atoms with van der Waals surface area (Å²) in [5.41, 5.74) is 2.74. The quantitative estimate of drug-likeness (QED) is 0.754. The topological polar surface area (TPSA) is 88.2 Å². The van der Waals surface area contributed by atoms with E-state index in [0.717, 1.165) is 17.2 Å². The molecule has 0 saturated carbocycles. The van der Waals surface area contributed by atoms with Gasteiger partial charge < -0.3 is 14.8 Å². The Kier molecular flexibility index (Phi) is 3.94. The Labute approximate surface area is 124 Å². The molecule has 21 heavy (non-hydrogen) atoms. The highest BCUT2D eigenvalue weighted by Crippen LogP contribution is 2.16. The van der Waals surface area contributed by atoms with Crippen molar-refractivity contribution in [2.24, 2.45) is 0 Å². The van der Waals surface area contributed by atoms with Crippen LogP contribution in [0.25, 0.3) is 11.0 Å². The van der Waals surface area contributed by atoms with Crippen LogP contribution in [-0.4, -0.2) is 26.3 Å². The van der Waals surface area contributed by atoms with Crippen LogP contribution in [0.5, 0.6) is 0 Å². The van der Waals surface area contributed by atoms with Gasteiger partial charge in [0.1, 0.15) is 11.0 Å². The van der Waals surface area contributed by atoms with Gasteiger partial charge in [0.05, 0.1) is 30.4 Å². The molecular weight excluding hydrogens is 290 g/mol. The predicted molar refractivity (Wildman–Crippen MR) is 78.0 cm³/mol. The van der Waals surface area contributed by atoms with Crippen molar-refractivity contribution in [2.75, 3.05) is 6.54 Å². The van der Waals surface area contributed by atoms with E-state index in [1.54, 1.807) is 24.3 Å². The van der Waals surface area contributed by atoms with Crippen molar-refractivity contribution in [3.05, 3.63) is 47.9 Å². The molecule has 6 nitrogen and oxygen atoms in total. The average Bonchev–Trinajstić information content (AvgIpc) is 3.17. The second-order valence-electron chi connectivity index (χ2n) is 4.58. The lowest BCUT2D eigenvalue weighted by molar-refractivity contribution is 0.0942. The number of hydrogen-bond acceptors (Lipinski definition) is 6. The summed E-state index contributed by atoms with van der Waals surface area (Å²) in [6, 6.07) is 6.90. The van der Waals surface area contributed by atoms with Gasteiger partial charge in [-0.15, -0.1) is 0 Å². The van der Waals surface area contributed by atoms with Crippen LogP contribution in [0.4, 0.5) is 0 Å². The molecular formula is C14H13N3O3S. The molecule has 0 bridgehead atoms. The Morgan fingerprint density at radius 1 is 1.33 bits per heavy atom. The molecule has 7 heteroatoms. The maximum absolute atomic E-state index is 12.0. The summed E-state index contributed by atoms with van der Waals surface area (Å²) < 4.78 is 13.1. The van der Waals surface area contributed by atoms with Gasteiger partial charge in [-0.25, -0.2) is 0 Å². The zero-order chi connectivity index (χ0) is 14.7. The summed E-state index contributed by atoms with van der Waals surface area (Å²) >= 11 is 1.12. The number of hydrogen-bond donors (Lipinski definition) is 2. The lowest BCUT2D eigenvalue weighted by atomic mass is 10.1. The van der Waals surface area contributed by atoms with E-state index in [-0.39, 0.29) is 5.91 Å². The Balaban J connectivity index is 1.56. The number of aromatic nitrogens is 2. The highest BCUT2D eigenvalue weighted by molar-refractivity contribution is 7.00. The molecule has 2 aromatic heterocycles. The van der Waals surface area contributed by atoms with Gasteiger partial charge in [0.2, 0.25) is 0 Å². The van der Waals surface area contributed by atoms with Crippen molar-refractivity contribution < 1.29 is 14.3 Å². The molecule has 1 unspecified atom stereocenters. The number of aliphatic hydroxyl groups is 1. The van der Waals surface area contributed by atoms with Crippen LogP contribution in [0.1, 0.15) is 28.4 Å². The van der Waals surface area contributed by atoms with Gasteiger partial charge in [-0.05, 0) is 30.7 Å². The third-order valence-electron chi connectivity index (χ3n) is 3.15. The van der Waals surface area contributed by atoms with Crippen LogP contribution in [-0.2, 0) is 0 Å². The molecule has 3 aromatic rings. The number of rotatable bonds is 5. The molecule has 1 atom stereocenters. The van der Waals surface area contributed by atoms with E-state index >= 15 is 0 Å². The average molecular weight is 303 g/mol. The molecule has 0 aliphatic heterocycles. The number of fused-ring (bicyclic) bond motifs is 1. The molecule has 0 spiro atoms. The maximum Gasteiger partial charge on any atom is 0.251 e. The fourth-order valence-electron chi connectivity index (χ4n) is 1.98. The third kappa shape index (κ3) is 3.09. The lowest BCUT2D eigenvalue weighted by Crippen LogP contribution is -2.25. The molecule has 3 rings (SSSR count). The highest BCUT2D eigenvalue weighted by Gasteiger charge is 2.11. The van der Waals surface area contributed by atoms with Crippen molar-refractivity contribution >= 4 is 28.7 Å². The van der Waals surface area contributed by atoms with E-state index in [1.165, 1.54) is 12.5 Å². The fourth-order valence-corrected chi connectivity index (χ4v) is 2.50. The van der Waals surface area contributed by atoms with Gasteiger partial charge in [-0.3, -0.25) is 4.79 Å². The molecule has 0 radical (unpaired) electrons. The molecule has 1 aromatic carbocycles. The Bertz CT molecular complexity index is 739. The van der Waals surface area contributed by atoms with Gasteiger partial charge in [0.15, 0.2) is 0 Å². The zero-order valence-corrected chi connectivity index (χ0v) is 11.8. The van der Waals surface area contributed by atoms with Crippen molar-refractivity contribution in [1.29, 1.82) is 0 Å². The smallest absolute Gasteiger partial charge is 0.251 e. The largest absolute Gasteiger partial charge is 0.472 e. The first kappa shape index (κ1) is 13.7. The first-order valence-corrected chi connectivity index (χ1v) is 7.18. The van der Waals surface area contributed by atoms with E-state index in [0.29, 0.717) is 29.6 Å².